The van der Waals surface area contributed by atoms with Crippen LogP contribution in [-0.2, 0) is 6.42 Å². The van der Waals surface area contributed by atoms with E-state index in [1.54, 1.807) is 33.9 Å². The van der Waals surface area contributed by atoms with Gasteiger partial charge in [-0.05, 0) is 25.0 Å². The molecule has 0 fully saturated rings. The Morgan fingerprint density at radius 2 is 2.13 bits per heavy atom. The summed E-state index contributed by atoms with van der Waals surface area (Å²) >= 11 is 0. The molecule has 0 radical (unpaired) electrons. The van der Waals surface area contributed by atoms with Crippen molar-refractivity contribution < 1.29 is 0 Å². The molecule has 0 bridgehead atoms. The molecule has 116 valence electrons. The summed E-state index contributed by atoms with van der Waals surface area (Å²) in [5.74, 6) is 0.470. The Bertz CT molecular complexity index is 1030. The summed E-state index contributed by atoms with van der Waals surface area (Å²) in [7, 11) is 0. The molecule has 4 rings (SSSR count). The van der Waals surface area contributed by atoms with E-state index in [1.165, 1.54) is 0 Å². The lowest BCUT2D eigenvalue weighted by Crippen LogP contribution is -2.15. The molecule has 4 aromatic heterocycles. The van der Waals surface area contributed by atoms with Crippen LogP contribution in [0.3, 0.4) is 0 Å². The SMILES string of the molecule is CCCCc1nc(-n2cccn2)nc2c1[nH]c(=O)c1ccnn12. The molecule has 0 amide bonds. The van der Waals surface area contributed by atoms with E-state index < -0.39 is 0 Å². The first-order chi connectivity index (χ1) is 11.3. The highest BCUT2D eigenvalue weighted by molar-refractivity contribution is 5.76. The fourth-order valence-corrected chi connectivity index (χ4v) is 2.60. The van der Waals surface area contributed by atoms with Crippen LogP contribution in [0.1, 0.15) is 25.5 Å². The highest BCUT2D eigenvalue weighted by Crippen LogP contribution is 2.16. The van der Waals surface area contributed by atoms with Crippen molar-refractivity contribution in [3.05, 3.63) is 46.8 Å². The van der Waals surface area contributed by atoms with Crippen molar-refractivity contribution >= 4 is 16.7 Å². The maximum atomic E-state index is 12.2. The van der Waals surface area contributed by atoms with Crippen molar-refractivity contribution in [2.75, 3.05) is 0 Å². The lowest BCUT2D eigenvalue weighted by atomic mass is 10.2. The van der Waals surface area contributed by atoms with E-state index in [0.717, 1.165) is 25.0 Å². The zero-order valence-corrected chi connectivity index (χ0v) is 12.6. The van der Waals surface area contributed by atoms with E-state index in [1.807, 2.05) is 6.07 Å². The Labute approximate surface area is 130 Å². The number of aromatic amines is 1. The zero-order valence-electron chi connectivity index (χ0n) is 12.6. The van der Waals surface area contributed by atoms with Crippen LogP contribution in [0.2, 0.25) is 0 Å². The largest absolute Gasteiger partial charge is 0.316 e. The zero-order chi connectivity index (χ0) is 15.8. The second-order valence-electron chi connectivity index (χ2n) is 5.31. The molecular formula is C15H15N7O. The fraction of sp³-hybridized carbons (Fsp3) is 0.267. The summed E-state index contributed by atoms with van der Waals surface area (Å²) in [5, 5.41) is 8.42. The third-order valence-corrected chi connectivity index (χ3v) is 3.74. The molecule has 4 aromatic rings. The Balaban J connectivity index is 2.07. The molecule has 0 aliphatic heterocycles. The van der Waals surface area contributed by atoms with Crippen molar-refractivity contribution in [1.29, 1.82) is 0 Å². The molecule has 0 spiro atoms. The predicted octanol–water partition coefficient (Wildman–Crippen LogP) is 1.49. The Hall–Kier alpha value is -3.03. The third kappa shape index (κ3) is 2.19. The highest BCUT2D eigenvalue weighted by Gasteiger charge is 2.14. The fourth-order valence-electron chi connectivity index (χ4n) is 2.60. The molecule has 4 heterocycles. The third-order valence-electron chi connectivity index (χ3n) is 3.74. The maximum absolute atomic E-state index is 12.2. The van der Waals surface area contributed by atoms with Gasteiger partial charge in [-0.15, -0.1) is 0 Å². The molecular weight excluding hydrogens is 294 g/mol. The quantitative estimate of drug-likeness (QED) is 0.616. The summed E-state index contributed by atoms with van der Waals surface area (Å²) in [6, 6.07) is 3.48. The van der Waals surface area contributed by atoms with Crippen molar-refractivity contribution in [3.8, 4) is 5.95 Å². The molecule has 0 aliphatic rings. The molecule has 8 heteroatoms. The summed E-state index contributed by atoms with van der Waals surface area (Å²) < 4.78 is 3.16. The van der Waals surface area contributed by atoms with Gasteiger partial charge in [0.25, 0.3) is 11.5 Å². The lowest BCUT2D eigenvalue weighted by molar-refractivity contribution is 0.750. The standard InChI is InChI=1S/C15H15N7O/c1-2-3-5-10-12-13(20-15(18-10)21-9-4-7-16-21)22-11(6-8-17-22)14(23)19-12/h4,6-9H,2-3,5H2,1H3,(H,19,23). The van der Waals surface area contributed by atoms with E-state index in [9.17, 15) is 4.79 Å². The van der Waals surface area contributed by atoms with Crippen LogP contribution >= 0.6 is 0 Å². The van der Waals surface area contributed by atoms with Crippen LogP contribution in [0.5, 0.6) is 0 Å². The number of hydrogen-bond acceptors (Lipinski definition) is 5. The van der Waals surface area contributed by atoms with Gasteiger partial charge in [0.15, 0.2) is 5.65 Å². The van der Waals surface area contributed by atoms with Crippen molar-refractivity contribution in [2.24, 2.45) is 0 Å². The van der Waals surface area contributed by atoms with Crippen LogP contribution in [-0.4, -0.2) is 34.3 Å². The first kappa shape index (κ1) is 13.6. The van der Waals surface area contributed by atoms with Crippen molar-refractivity contribution in [2.45, 2.75) is 26.2 Å². The number of H-pyrrole nitrogens is 1. The van der Waals surface area contributed by atoms with Gasteiger partial charge >= 0.3 is 0 Å². The van der Waals surface area contributed by atoms with Crippen LogP contribution in [0.15, 0.2) is 35.5 Å². The van der Waals surface area contributed by atoms with Gasteiger partial charge in [-0.25, -0.2) is 14.2 Å². The van der Waals surface area contributed by atoms with Gasteiger partial charge in [0.05, 0.1) is 11.9 Å². The van der Waals surface area contributed by atoms with E-state index in [0.29, 0.717) is 22.6 Å². The van der Waals surface area contributed by atoms with Gasteiger partial charge in [-0.2, -0.15) is 15.2 Å². The second kappa shape index (κ2) is 5.31. The predicted molar refractivity (Wildman–Crippen MR) is 84.6 cm³/mol. The van der Waals surface area contributed by atoms with E-state index >= 15 is 0 Å². The van der Waals surface area contributed by atoms with Gasteiger partial charge in [0, 0.05) is 12.4 Å². The Morgan fingerprint density at radius 3 is 2.91 bits per heavy atom. The van der Waals surface area contributed by atoms with Crippen molar-refractivity contribution in [1.82, 2.24) is 34.3 Å². The number of hydrogen-bond donors (Lipinski definition) is 1. The number of nitrogens with zero attached hydrogens (tertiary/aromatic N) is 6. The molecule has 0 aliphatic carbocycles. The average Bonchev–Trinajstić information content (AvgIpc) is 3.24. The maximum Gasteiger partial charge on any atom is 0.274 e. The first-order valence-electron chi connectivity index (χ1n) is 7.54. The van der Waals surface area contributed by atoms with E-state index in [4.69, 9.17) is 0 Å². The normalized spacial score (nSPS) is 11.5. The van der Waals surface area contributed by atoms with E-state index in [2.05, 4.69) is 32.1 Å². The molecule has 0 atom stereocenters. The molecule has 1 N–H and O–H groups in total. The first-order valence-corrected chi connectivity index (χ1v) is 7.54. The number of nitrogens with one attached hydrogen (secondary N) is 1. The van der Waals surface area contributed by atoms with Crippen LogP contribution in [0.4, 0.5) is 0 Å². The van der Waals surface area contributed by atoms with Crippen LogP contribution in [0, 0.1) is 0 Å². The number of fused-ring (bicyclic) bond motifs is 3. The summed E-state index contributed by atoms with van der Waals surface area (Å²) in [5.41, 5.74) is 2.29. The molecule has 8 nitrogen and oxygen atoms in total. The molecule has 23 heavy (non-hydrogen) atoms. The number of rotatable bonds is 4. The van der Waals surface area contributed by atoms with Gasteiger partial charge in [-0.1, -0.05) is 13.3 Å². The number of aromatic nitrogens is 7. The minimum Gasteiger partial charge on any atom is -0.316 e. The Morgan fingerprint density at radius 1 is 1.22 bits per heavy atom. The summed E-state index contributed by atoms with van der Waals surface area (Å²) in [6.07, 6.45) is 7.82. The summed E-state index contributed by atoms with van der Waals surface area (Å²) in [4.78, 5) is 24.2. The average molecular weight is 309 g/mol. The Kier molecular flexibility index (Phi) is 3.14. The molecule has 0 aromatic carbocycles. The topological polar surface area (TPSA) is 93.8 Å². The lowest BCUT2D eigenvalue weighted by Gasteiger charge is -2.09. The second-order valence-corrected chi connectivity index (χ2v) is 5.31. The number of unbranched alkanes of at least 4 members (excludes halogenated alkanes) is 1. The van der Waals surface area contributed by atoms with Crippen molar-refractivity contribution in [3.63, 3.8) is 0 Å². The smallest absolute Gasteiger partial charge is 0.274 e. The van der Waals surface area contributed by atoms with Gasteiger partial charge in [-0.3, -0.25) is 4.79 Å². The summed E-state index contributed by atoms with van der Waals surface area (Å²) in [6.45, 7) is 2.12. The van der Waals surface area contributed by atoms with Gasteiger partial charge in [0.1, 0.15) is 11.0 Å². The minimum absolute atomic E-state index is 0.191. The van der Waals surface area contributed by atoms with Gasteiger partial charge < -0.3 is 4.98 Å². The highest BCUT2D eigenvalue weighted by atomic mass is 16.1. The van der Waals surface area contributed by atoms with E-state index in [-0.39, 0.29) is 5.56 Å². The molecule has 0 unspecified atom stereocenters. The number of aryl methyl sites for hydroxylation is 1. The van der Waals surface area contributed by atoms with Crippen LogP contribution < -0.4 is 5.56 Å². The monoisotopic (exact) mass is 309 g/mol. The minimum atomic E-state index is -0.191. The molecule has 0 saturated carbocycles. The molecule has 0 saturated heterocycles. The van der Waals surface area contributed by atoms with Gasteiger partial charge in [0.2, 0.25) is 0 Å². The van der Waals surface area contributed by atoms with Crippen LogP contribution in [0.25, 0.3) is 22.6 Å².